The fraction of sp³-hybridized carbons (Fsp3) is 0.600. The summed E-state index contributed by atoms with van der Waals surface area (Å²) in [5.74, 6) is 0.689. The number of nitrogens with zero attached hydrogens (tertiary/aromatic N) is 1. The molecule has 92 valence electrons. The van der Waals surface area contributed by atoms with E-state index >= 15 is 0 Å². The number of nitrogens with one attached hydrogen (secondary N) is 1. The maximum Gasteiger partial charge on any atom is 0.0301 e. The van der Waals surface area contributed by atoms with E-state index in [0.717, 1.165) is 12.6 Å². The molecule has 1 N–H and O–H groups in total. The van der Waals surface area contributed by atoms with Crippen molar-refractivity contribution in [1.29, 1.82) is 0 Å². The van der Waals surface area contributed by atoms with Gasteiger partial charge >= 0.3 is 0 Å². The highest BCUT2D eigenvalue weighted by molar-refractivity contribution is 5.23. The molecule has 2 unspecified atom stereocenters. The van der Waals surface area contributed by atoms with Gasteiger partial charge in [0.25, 0.3) is 0 Å². The molecule has 2 aliphatic rings. The zero-order valence-corrected chi connectivity index (χ0v) is 10.4. The lowest BCUT2D eigenvalue weighted by Crippen LogP contribution is -2.43. The van der Waals surface area contributed by atoms with E-state index in [1.54, 1.807) is 0 Å². The van der Waals surface area contributed by atoms with Gasteiger partial charge in [-0.2, -0.15) is 0 Å². The molecule has 0 saturated carbocycles. The van der Waals surface area contributed by atoms with Crippen LogP contribution in [0.2, 0.25) is 0 Å². The van der Waals surface area contributed by atoms with E-state index in [0.29, 0.717) is 5.92 Å². The highest BCUT2D eigenvalue weighted by Gasteiger charge is 2.33. The first-order chi connectivity index (χ1) is 8.45. The van der Waals surface area contributed by atoms with Crippen LogP contribution in [-0.4, -0.2) is 37.1 Å². The Labute approximate surface area is 104 Å². The number of rotatable bonds is 2. The lowest BCUT2D eigenvalue weighted by Gasteiger charge is -2.35. The second-order valence-corrected chi connectivity index (χ2v) is 5.34. The summed E-state index contributed by atoms with van der Waals surface area (Å²) >= 11 is 0. The van der Waals surface area contributed by atoms with Crippen LogP contribution in [0.25, 0.3) is 0 Å². The van der Waals surface area contributed by atoms with Gasteiger partial charge in [-0.15, -0.1) is 0 Å². The minimum atomic E-state index is 0.689. The Morgan fingerprint density at radius 3 is 2.47 bits per heavy atom. The summed E-state index contributed by atoms with van der Waals surface area (Å²) in [4.78, 5) is 2.71. The molecule has 2 nitrogen and oxygen atoms in total. The first-order valence-corrected chi connectivity index (χ1v) is 6.95. The Bertz CT molecular complexity index is 343. The Morgan fingerprint density at radius 2 is 1.71 bits per heavy atom. The van der Waals surface area contributed by atoms with Gasteiger partial charge in [0.1, 0.15) is 0 Å². The summed E-state index contributed by atoms with van der Waals surface area (Å²) in [6.07, 6.45) is 4.20. The largest absolute Gasteiger partial charge is 0.314 e. The fourth-order valence-corrected chi connectivity index (χ4v) is 3.34. The second-order valence-electron chi connectivity index (χ2n) is 5.34. The smallest absolute Gasteiger partial charge is 0.0301 e. The van der Waals surface area contributed by atoms with Crippen LogP contribution in [-0.2, 0) is 0 Å². The Balaban J connectivity index is 1.75. The monoisotopic (exact) mass is 230 g/mol. The quantitative estimate of drug-likeness (QED) is 0.838. The van der Waals surface area contributed by atoms with Crippen molar-refractivity contribution in [2.75, 3.05) is 26.2 Å². The van der Waals surface area contributed by atoms with Crippen LogP contribution >= 0.6 is 0 Å². The summed E-state index contributed by atoms with van der Waals surface area (Å²) < 4.78 is 0. The molecular formula is C15H22N2. The van der Waals surface area contributed by atoms with Gasteiger partial charge < -0.3 is 5.32 Å². The number of likely N-dealkylation sites (tertiary alicyclic amines) is 1. The number of benzene rings is 1. The zero-order valence-electron chi connectivity index (χ0n) is 10.4. The third-order valence-corrected chi connectivity index (χ3v) is 4.27. The van der Waals surface area contributed by atoms with Gasteiger partial charge in [-0.25, -0.2) is 0 Å². The normalized spacial score (nSPS) is 30.6. The molecule has 0 aliphatic carbocycles. The van der Waals surface area contributed by atoms with E-state index < -0.39 is 0 Å². The van der Waals surface area contributed by atoms with E-state index in [1.807, 2.05) is 0 Å². The van der Waals surface area contributed by atoms with Crippen LogP contribution < -0.4 is 5.32 Å². The summed E-state index contributed by atoms with van der Waals surface area (Å²) in [5.41, 5.74) is 1.51. The average molecular weight is 230 g/mol. The van der Waals surface area contributed by atoms with Crippen LogP contribution in [0, 0.1) is 0 Å². The molecule has 2 atom stereocenters. The average Bonchev–Trinajstić information content (AvgIpc) is 2.90. The minimum absolute atomic E-state index is 0.689. The van der Waals surface area contributed by atoms with Gasteiger partial charge in [0, 0.05) is 25.0 Å². The lowest BCUT2D eigenvalue weighted by molar-refractivity contribution is 0.162. The standard InChI is InChI=1S/C15H22N2/c1-3-7-13(8-4-1)14-11-16-12-15(14)17-9-5-2-6-10-17/h1,3-4,7-8,14-16H,2,5-6,9-12H2. The maximum absolute atomic E-state index is 3.58. The van der Waals surface area contributed by atoms with Crippen LogP contribution in [0.15, 0.2) is 30.3 Å². The Hall–Kier alpha value is -0.860. The summed E-state index contributed by atoms with van der Waals surface area (Å²) in [6.45, 7) is 4.91. The third-order valence-electron chi connectivity index (χ3n) is 4.27. The van der Waals surface area contributed by atoms with Crippen molar-refractivity contribution in [3.8, 4) is 0 Å². The van der Waals surface area contributed by atoms with Crippen molar-refractivity contribution in [3.05, 3.63) is 35.9 Å². The number of hydrogen-bond acceptors (Lipinski definition) is 2. The Kier molecular flexibility index (Phi) is 3.44. The van der Waals surface area contributed by atoms with Gasteiger partial charge in [-0.3, -0.25) is 4.90 Å². The molecule has 2 saturated heterocycles. The van der Waals surface area contributed by atoms with E-state index in [-0.39, 0.29) is 0 Å². The van der Waals surface area contributed by atoms with Crippen LogP contribution in [0.3, 0.4) is 0 Å². The molecule has 2 aliphatic heterocycles. The van der Waals surface area contributed by atoms with Crippen LogP contribution in [0.1, 0.15) is 30.7 Å². The van der Waals surface area contributed by atoms with Crippen molar-refractivity contribution >= 4 is 0 Å². The van der Waals surface area contributed by atoms with Gasteiger partial charge in [-0.1, -0.05) is 36.8 Å². The minimum Gasteiger partial charge on any atom is -0.314 e. The predicted molar refractivity (Wildman–Crippen MR) is 71.3 cm³/mol. The van der Waals surface area contributed by atoms with Gasteiger partial charge in [0.2, 0.25) is 0 Å². The fourth-order valence-electron chi connectivity index (χ4n) is 3.34. The van der Waals surface area contributed by atoms with Gasteiger partial charge in [0.15, 0.2) is 0 Å². The zero-order chi connectivity index (χ0) is 11.5. The molecule has 1 aromatic carbocycles. The molecule has 2 heterocycles. The maximum atomic E-state index is 3.58. The summed E-state index contributed by atoms with van der Waals surface area (Å²) in [5, 5.41) is 3.58. The van der Waals surface area contributed by atoms with Gasteiger partial charge in [-0.05, 0) is 31.5 Å². The Morgan fingerprint density at radius 1 is 0.941 bits per heavy atom. The number of hydrogen-bond donors (Lipinski definition) is 1. The van der Waals surface area contributed by atoms with Crippen molar-refractivity contribution in [2.45, 2.75) is 31.2 Å². The molecule has 0 spiro atoms. The molecule has 17 heavy (non-hydrogen) atoms. The van der Waals surface area contributed by atoms with Gasteiger partial charge in [0.05, 0.1) is 0 Å². The summed E-state index contributed by atoms with van der Waals surface area (Å²) in [6, 6.07) is 11.7. The first-order valence-electron chi connectivity index (χ1n) is 6.95. The highest BCUT2D eigenvalue weighted by atomic mass is 15.2. The van der Waals surface area contributed by atoms with Crippen molar-refractivity contribution < 1.29 is 0 Å². The van der Waals surface area contributed by atoms with Crippen molar-refractivity contribution in [2.24, 2.45) is 0 Å². The predicted octanol–water partition coefficient (Wildman–Crippen LogP) is 2.23. The second kappa shape index (κ2) is 5.19. The lowest BCUT2D eigenvalue weighted by atomic mass is 9.92. The molecule has 2 fully saturated rings. The molecule has 2 heteroatoms. The molecule has 3 rings (SSSR count). The number of piperidine rings is 1. The molecule has 0 bridgehead atoms. The molecule has 1 aromatic rings. The highest BCUT2D eigenvalue weighted by Crippen LogP contribution is 2.28. The van der Waals surface area contributed by atoms with E-state index in [9.17, 15) is 0 Å². The van der Waals surface area contributed by atoms with E-state index in [4.69, 9.17) is 0 Å². The van der Waals surface area contributed by atoms with Crippen LogP contribution in [0.4, 0.5) is 0 Å². The molecular weight excluding hydrogens is 208 g/mol. The molecule has 0 aromatic heterocycles. The van der Waals surface area contributed by atoms with Crippen molar-refractivity contribution in [3.63, 3.8) is 0 Å². The van der Waals surface area contributed by atoms with E-state index in [2.05, 4.69) is 40.5 Å². The van der Waals surface area contributed by atoms with Crippen molar-refractivity contribution in [1.82, 2.24) is 10.2 Å². The topological polar surface area (TPSA) is 15.3 Å². The molecule has 0 amide bonds. The summed E-state index contributed by atoms with van der Waals surface area (Å²) in [7, 11) is 0. The third kappa shape index (κ3) is 2.38. The molecule has 0 radical (unpaired) electrons. The van der Waals surface area contributed by atoms with Crippen LogP contribution in [0.5, 0.6) is 0 Å². The SMILES string of the molecule is c1ccc(C2CNCC2N2CCCCC2)cc1. The van der Waals surface area contributed by atoms with E-state index in [1.165, 1.54) is 44.5 Å². The first kappa shape index (κ1) is 11.2.